The van der Waals surface area contributed by atoms with Crippen LogP contribution in [-0.4, -0.2) is 14.3 Å². The Kier molecular flexibility index (Phi) is 6.39. The molecule has 1 amide bonds. The van der Waals surface area contributed by atoms with Crippen LogP contribution in [0.2, 0.25) is 15.1 Å². The molecule has 150 valence electrons. The number of sulfonamides is 1. The van der Waals surface area contributed by atoms with Crippen LogP contribution in [0.25, 0.3) is 0 Å². The number of hydrogen-bond donors (Lipinski definition) is 2. The minimum Gasteiger partial charge on any atom is -0.321 e. The van der Waals surface area contributed by atoms with Crippen molar-refractivity contribution in [2.75, 3.05) is 10.0 Å². The Morgan fingerprint density at radius 1 is 0.897 bits per heavy atom. The van der Waals surface area contributed by atoms with E-state index < -0.39 is 15.9 Å². The van der Waals surface area contributed by atoms with Gasteiger partial charge in [0, 0.05) is 5.69 Å². The lowest BCUT2D eigenvalue weighted by Crippen LogP contribution is -2.16. The van der Waals surface area contributed by atoms with Crippen LogP contribution in [0.5, 0.6) is 0 Å². The van der Waals surface area contributed by atoms with E-state index in [1.165, 1.54) is 30.3 Å². The molecule has 0 saturated heterocycles. The number of carbonyl (C=O) groups is 1. The molecule has 0 bridgehead atoms. The average molecular weight is 470 g/mol. The molecule has 2 N–H and O–H groups in total. The maximum absolute atomic E-state index is 12.6. The Labute approximate surface area is 183 Å². The van der Waals surface area contributed by atoms with Crippen LogP contribution in [0.4, 0.5) is 11.4 Å². The van der Waals surface area contributed by atoms with Gasteiger partial charge in [0.15, 0.2) is 0 Å². The summed E-state index contributed by atoms with van der Waals surface area (Å²) in [5.41, 5.74) is 1.52. The van der Waals surface area contributed by atoms with Crippen LogP contribution in [0.3, 0.4) is 0 Å². The molecule has 9 heteroatoms. The fraction of sp³-hybridized carbons (Fsp3) is 0.0500. The number of anilines is 2. The fourth-order valence-electron chi connectivity index (χ4n) is 2.48. The van der Waals surface area contributed by atoms with Crippen molar-refractivity contribution in [1.29, 1.82) is 0 Å². The summed E-state index contributed by atoms with van der Waals surface area (Å²) in [5.74, 6) is -0.560. The molecule has 0 atom stereocenters. The summed E-state index contributed by atoms with van der Waals surface area (Å²) in [6.07, 6.45) is 0. The van der Waals surface area contributed by atoms with E-state index in [-0.39, 0.29) is 31.2 Å². The molecule has 0 unspecified atom stereocenters. The average Bonchev–Trinajstić information content (AvgIpc) is 2.67. The van der Waals surface area contributed by atoms with E-state index >= 15 is 0 Å². The summed E-state index contributed by atoms with van der Waals surface area (Å²) in [6, 6.07) is 15.5. The van der Waals surface area contributed by atoms with E-state index in [4.69, 9.17) is 34.8 Å². The largest absolute Gasteiger partial charge is 0.321 e. The minimum absolute atomic E-state index is 0.0758. The van der Waals surface area contributed by atoms with E-state index in [1.807, 2.05) is 6.92 Å². The van der Waals surface area contributed by atoms with Crippen LogP contribution in [0.1, 0.15) is 15.9 Å². The van der Waals surface area contributed by atoms with E-state index in [0.717, 1.165) is 5.56 Å². The maximum Gasteiger partial charge on any atom is 0.261 e. The second kappa shape index (κ2) is 8.63. The van der Waals surface area contributed by atoms with Crippen molar-refractivity contribution in [3.8, 4) is 0 Å². The van der Waals surface area contributed by atoms with Crippen molar-refractivity contribution < 1.29 is 13.2 Å². The van der Waals surface area contributed by atoms with Gasteiger partial charge < -0.3 is 5.32 Å². The molecule has 0 aromatic heterocycles. The summed E-state index contributed by atoms with van der Waals surface area (Å²) in [6.45, 7) is 1.86. The zero-order valence-corrected chi connectivity index (χ0v) is 18.1. The predicted octanol–water partition coefficient (Wildman–Crippen LogP) is 6.01. The monoisotopic (exact) mass is 468 g/mol. The van der Waals surface area contributed by atoms with Crippen LogP contribution in [-0.2, 0) is 10.0 Å². The van der Waals surface area contributed by atoms with Crippen molar-refractivity contribution in [2.45, 2.75) is 11.8 Å². The lowest BCUT2D eigenvalue weighted by molar-refractivity contribution is 0.102. The Morgan fingerprint density at radius 3 is 2.28 bits per heavy atom. The molecule has 3 aromatic carbocycles. The highest BCUT2D eigenvalue weighted by atomic mass is 35.5. The first kappa shape index (κ1) is 21.5. The molecule has 0 aliphatic heterocycles. The van der Waals surface area contributed by atoms with Crippen LogP contribution in [0, 0.1) is 6.92 Å². The minimum atomic E-state index is -3.82. The Hall–Kier alpha value is -2.25. The van der Waals surface area contributed by atoms with Gasteiger partial charge in [0.25, 0.3) is 15.9 Å². The van der Waals surface area contributed by atoms with E-state index in [0.29, 0.717) is 5.69 Å². The predicted molar refractivity (Wildman–Crippen MR) is 118 cm³/mol. The summed E-state index contributed by atoms with van der Waals surface area (Å²) >= 11 is 18.2. The summed E-state index contributed by atoms with van der Waals surface area (Å²) in [5, 5.41) is 3.25. The third-order valence-corrected chi connectivity index (χ3v) is 6.54. The molecule has 0 aliphatic carbocycles. The number of carbonyl (C=O) groups excluding carboxylic acids is 1. The van der Waals surface area contributed by atoms with Crippen molar-refractivity contribution in [3.05, 3.63) is 86.9 Å². The second-order valence-electron chi connectivity index (χ2n) is 6.17. The quantitative estimate of drug-likeness (QED) is 0.480. The molecule has 0 saturated carbocycles. The topological polar surface area (TPSA) is 75.3 Å². The normalized spacial score (nSPS) is 11.2. The van der Waals surface area contributed by atoms with Gasteiger partial charge in [0.05, 0.1) is 31.2 Å². The number of rotatable bonds is 5. The molecule has 0 aliphatic rings. The highest BCUT2D eigenvalue weighted by Gasteiger charge is 2.18. The van der Waals surface area contributed by atoms with Gasteiger partial charge in [-0.25, -0.2) is 8.42 Å². The highest BCUT2D eigenvalue weighted by Crippen LogP contribution is 2.31. The first-order chi connectivity index (χ1) is 13.7. The number of hydrogen-bond acceptors (Lipinski definition) is 3. The van der Waals surface area contributed by atoms with Gasteiger partial charge in [-0.15, -0.1) is 0 Å². The number of benzene rings is 3. The number of halogens is 3. The first-order valence-corrected chi connectivity index (χ1v) is 10.9. The van der Waals surface area contributed by atoms with Crippen LogP contribution >= 0.6 is 34.8 Å². The van der Waals surface area contributed by atoms with Crippen molar-refractivity contribution in [3.63, 3.8) is 0 Å². The maximum atomic E-state index is 12.6. The Balaban J connectivity index is 1.87. The van der Waals surface area contributed by atoms with Crippen molar-refractivity contribution in [1.82, 2.24) is 0 Å². The lowest BCUT2D eigenvalue weighted by atomic mass is 10.2. The third-order valence-electron chi connectivity index (χ3n) is 3.99. The number of amides is 1. The SMILES string of the molecule is Cc1ccc(S(=O)(=O)Nc2ccc(Cl)c(C(=O)Nc3cccc(Cl)c3Cl)c2)cc1. The number of aryl methyl sites for hydroxylation is 1. The first-order valence-electron chi connectivity index (χ1n) is 8.32. The van der Waals surface area contributed by atoms with Gasteiger partial charge in [0.2, 0.25) is 0 Å². The molecule has 3 aromatic rings. The number of nitrogens with one attached hydrogen (secondary N) is 2. The highest BCUT2D eigenvalue weighted by molar-refractivity contribution is 7.92. The van der Waals surface area contributed by atoms with Gasteiger partial charge in [-0.3, -0.25) is 9.52 Å². The molecule has 3 rings (SSSR count). The van der Waals surface area contributed by atoms with Gasteiger partial charge in [-0.05, 0) is 49.4 Å². The summed E-state index contributed by atoms with van der Waals surface area (Å²) in [4.78, 5) is 12.8. The summed E-state index contributed by atoms with van der Waals surface area (Å²) < 4.78 is 27.6. The molecule has 0 spiro atoms. The van der Waals surface area contributed by atoms with Gasteiger partial charge in [0.1, 0.15) is 0 Å². The van der Waals surface area contributed by atoms with Crippen LogP contribution < -0.4 is 10.0 Å². The molecule has 29 heavy (non-hydrogen) atoms. The molecule has 5 nitrogen and oxygen atoms in total. The van der Waals surface area contributed by atoms with Gasteiger partial charge >= 0.3 is 0 Å². The second-order valence-corrected chi connectivity index (χ2v) is 9.04. The molecular weight excluding hydrogens is 455 g/mol. The van der Waals surface area contributed by atoms with E-state index in [1.54, 1.807) is 30.3 Å². The third kappa shape index (κ3) is 5.03. The Morgan fingerprint density at radius 2 is 1.59 bits per heavy atom. The van der Waals surface area contributed by atoms with Crippen molar-refractivity contribution in [2.24, 2.45) is 0 Å². The zero-order valence-electron chi connectivity index (χ0n) is 15.0. The Bertz CT molecular complexity index is 1180. The van der Waals surface area contributed by atoms with E-state index in [2.05, 4.69) is 10.0 Å². The van der Waals surface area contributed by atoms with E-state index in [9.17, 15) is 13.2 Å². The zero-order chi connectivity index (χ0) is 21.2. The molecular formula is C20H15Cl3N2O3S. The fourth-order valence-corrected chi connectivity index (χ4v) is 4.08. The van der Waals surface area contributed by atoms with Crippen LogP contribution in [0.15, 0.2) is 65.6 Å². The smallest absolute Gasteiger partial charge is 0.261 e. The standard InChI is InChI=1S/C20H15Cl3N2O3S/c1-12-5-8-14(9-6-12)29(27,28)25-13-7-10-16(21)15(11-13)20(26)24-18-4-2-3-17(22)19(18)23/h2-11,25H,1H3,(H,24,26). The van der Waals surface area contributed by atoms with Gasteiger partial charge in [-0.1, -0.05) is 58.6 Å². The van der Waals surface area contributed by atoms with Crippen molar-refractivity contribution >= 4 is 62.1 Å². The molecule has 0 fully saturated rings. The lowest BCUT2D eigenvalue weighted by Gasteiger charge is -2.12. The summed E-state index contributed by atoms with van der Waals surface area (Å²) in [7, 11) is -3.82. The van der Waals surface area contributed by atoms with Gasteiger partial charge in [-0.2, -0.15) is 0 Å². The molecule has 0 radical (unpaired) electrons. The molecule has 0 heterocycles.